The van der Waals surface area contributed by atoms with Gasteiger partial charge in [-0.05, 0) is 30.0 Å². The fourth-order valence-corrected chi connectivity index (χ4v) is 1.87. The molecule has 1 aromatic heterocycles. The van der Waals surface area contributed by atoms with Crippen LogP contribution in [-0.4, -0.2) is 22.6 Å². The van der Waals surface area contributed by atoms with Crippen LogP contribution in [0.1, 0.15) is 16.9 Å². The number of primary amides is 1. The first-order valence-electron chi connectivity index (χ1n) is 5.43. The lowest BCUT2D eigenvalue weighted by molar-refractivity contribution is -0.115. The molecule has 0 bridgehead atoms. The molecule has 0 unspecified atom stereocenters. The molecule has 6 heteroatoms. The number of nitrogens with one attached hydrogen (secondary N) is 2. The van der Waals surface area contributed by atoms with Gasteiger partial charge >= 0.3 is 0 Å². The van der Waals surface area contributed by atoms with Crippen LogP contribution < -0.4 is 11.1 Å². The molecule has 0 radical (unpaired) electrons. The lowest BCUT2D eigenvalue weighted by Crippen LogP contribution is -2.11. The summed E-state index contributed by atoms with van der Waals surface area (Å²) < 4.78 is 0. The topological polar surface area (TPSA) is 88.0 Å². The Labute approximate surface area is 109 Å². The number of anilines is 1. The summed E-state index contributed by atoms with van der Waals surface area (Å²) in [6.45, 7) is 0. The van der Waals surface area contributed by atoms with Gasteiger partial charge in [0.25, 0.3) is 5.91 Å². The summed E-state index contributed by atoms with van der Waals surface area (Å²) in [4.78, 5) is 25.4. The predicted octanol–water partition coefficient (Wildman–Crippen LogP) is 1.53. The van der Waals surface area contributed by atoms with Gasteiger partial charge in [0.2, 0.25) is 5.91 Å². The summed E-state index contributed by atoms with van der Waals surface area (Å²) in [7, 11) is 0. The molecule has 0 fully saturated rings. The van der Waals surface area contributed by atoms with Crippen molar-refractivity contribution >= 4 is 41.0 Å². The lowest BCUT2D eigenvalue weighted by Gasteiger charge is -2.03. The fraction of sp³-hybridized carbons (Fsp3) is 0.167. The molecule has 0 aliphatic rings. The number of rotatable bonds is 4. The number of aromatic nitrogens is 1. The maximum atomic E-state index is 11.4. The number of benzene rings is 1. The number of H-pyrrole nitrogens is 1. The van der Waals surface area contributed by atoms with Crippen molar-refractivity contribution in [3.8, 4) is 0 Å². The highest BCUT2D eigenvalue weighted by atomic mass is 32.1. The average molecular weight is 263 g/mol. The SMILES string of the molecule is NC(=O)c1cc2cc(NC(=O)CCS)ccc2[nH]1. The Hall–Kier alpha value is -1.95. The molecular weight excluding hydrogens is 250 g/mol. The van der Waals surface area contributed by atoms with E-state index in [2.05, 4.69) is 22.9 Å². The molecule has 2 amide bonds. The zero-order valence-electron chi connectivity index (χ0n) is 9.56. The first kappa shape index (κ1) is 12.5. The second kappa shape index (κ2) is 5.14. The Morgan fingerprint density at radius 2 is 2.11 bits per heavy atom. The minimum absolute atomic E-state index is 0.0880. The standard InChI is InChI=1S/C12H13N3O2S/c13-12(17)10-6-7-5-8(1-2-9(7)15-10)14-11(16)3-4-18/h1-2,5-6,15,18H,3-4H2,(H2,13,17)(H,14,16). The molecular formula is C12H13N3O2S. The van der Waals surface area contributed by atoms with Crippen LogP contribution in [0.2, 0.25) is 0 Å². The van der Waals surface area contributed by atoms with Gasteiger partial charge in [0.1, 0.15) is 5.69 Å². The molecule has 0 saturated carbocycles. The summed E-state index contributed by atoms with van der Waals surface area (Å²) >= 11 is 3.99. The van der Waals surface area contributed by atoms with Crippen molar-refractivity contribution in [3.05, 3.63) is 30.0 Å². The Kier molecular flexibility index (Phi) is 3.57. The second-order valence-electron chi connectivity index (χ2n) is 3.87. The molecule has 4 N–H and O–H groups in total. The van der Waals surface area contributed by atoms with Crippen molar-refractivity contribution in [1.29, 1.82) is 0 Å². The molecule has 94 valence electrons. The van der Waals surface area contributed by atoms with Crippen molar-refractivity contribution in [2.45, 2.75) is 6.42 Å². The monoisotopic (exact) mass is 263 g/mol. The number of hydrogen-bond donors (Lipinski definition) is 4. The predicted molar refractivity (Wildman–Crippen MR) is 73.9 cm³/mol. The summed E-state index contributed by atoms with van der Waals surface area (Å²) in [5, 5.41) is 3.58. The van der Waals surface area contributed by atoms with Crippen LogP contribution in [0.4, 0.5) is 5.69 Å². The third kappa shape index (κ3) is 2.65. The van der Waals surface area contributed by atoms with Crippen molar-refractivity contribution in [3.63, 3.8) is 0 Å². The maximum absolute atomic E-state index is 11.4. The summed E-state index contributed by atoms with van der Waals surface area (Å²) in [6.07, 6.45) is 0.362. The third-order valence-corrected chi connectivity index (χ3v) is 2.73. The smallest absolute Gasteiger partial charge is 0.265 e. The largest absolute Gasteiger partial charge is 0.364 e. The van der Waals surface area contributed by atoms with E-state index < -0.39 is 5.91 Å². The van der Waals surface area contributed by atoms with Crippen molar-refractivity contribution in [2.24, 2.45) is 5.73 Å². The number of nitrogens with two attached hydrogens (primary N) is 1. The molecule has 2 rings (SSSR count). The van der Waals surface area contributed by atoms with Crippen molar-refractivity contribution in [2.75, 3.05) is 11.1 Å². The second-order valence-corrected chi connectivity index (χ2v) is 4.32. The summed E-state index contributed by atoms with van der Waals surface area (Å²) in [6, 6.07) is 7.00. The Morgan fingerprint density at radius 1 is 1.33 bits per heavy atom. The van der Waals surface area contributed by atoms with Gasteiger partial charge in [0.15, 0.2) is 0 Å². The van der Waals surface area contributed by atoms with Gasteiger partial charge in [0, 0.05) is 23.0 Å². The molecule has 0 aliphatic carbocycles. The van der Waals surface area contributed by atoms with Gasteiger partial charge in [-0.25, -0.2) is 0 Å². The van der Waals surface area contributed by atoms with Crippen LogP contribution >= 0.6 is 12.6 Å². The number of fused-ring (bicyclic) bond motifs is 1. The molecule has 0 aliphatic heterocycles. The molecule has 0 spiro atoms. The van der Waals surface area contributed by atoms with Gasteiger partial charge < -0.3 is 16.0 Å². The molecule has 18 heavy (non-hydrogen) atoms. The highest BCUT2D eigenvalue weighted by molar-refractivity contribution is 7.80. The number of amides is 2. The van der Waals surface area contributed by atoms with E-state index in [1.165, 1.54) is 0 Å². The number of carbonyl (C=O) groups is 2. The fourth-order valence-electron chi connectivity index (χ4n) is 1.67. The van der Waals surface area contributed by atoms with Gasteiger partial charge in [-0.3, -0.25) is 9.59 Å². The number of carbonyl (C=O) groups excluding carboxylic acids is 2. The molecule has 5 nitrogen and oxygen atoms in total. The molecule has 1 aromatic carbocycles. The average Bonchev–Trinajstić information content (AvgIpc) is 2.72. The number of hydrogen-bond acceptors (Lipinski definition) is 3. The van der Waals surface area contributed by atoms with Gasteiger partial charge in [0.05, 0.1) is 0 Å². The Bertz CT molecular complexity index is 606. The van der Waals surface area contributed by atoms with Gasteiger partial charge in [-0.2, -0.15) is 12.6 Å². The van der Waals surface area contributed by atoms with Gasteiger partial charge in [-0.1, -0.05) is 0 Å². The van der Waals surface area contributed by atoms with Crippen molar-refractivity contribution < 1.29 is 9.59 Å². The van der Waals surface area contributed by atoms with E-state index >= 15 is 0 Å². The van der Waals surface area contributed by atoms with Crippen LogP contribution in [0, 0.1) is 0 Å². The highest BCUT2D eigenvalue weighted by Crippen LogP contribution is 2.20. The van der Waals surface area contributed by atoms with E-state index in [1.807, 2.05) is 0 Å². The van der Waals surface area contributed by atoms with E-state index in [1.54, 1.807) is 24.3 Å². The van der Waals surface area contributed by atoms with Crippen LogP contribution in [0.15, 0.2) is 24.3 Å². The number of thiol groups is 1. The zero-order valence-corrected chi connectivity index (χ0v) is 10.5. The van der Waals surface area contributed by atoms with E-state index in [9.17, 15) is 9.59 Å². The Morgan fingerprint density at radius 3 is 2.78 bits per heavy atom. The van der Waals surface area contributed by atoms with Crippen LogP contribution in [-0.2, 0) is 4.79 Å². The highest BCUT2D eigenvalue weighted by Gasteiger charge is 2.07. The zero-order chi connectivity index (χ0) is 13.1. The third-order valence-electron chi connectivity index (χ3n) is 2.51. The van der Waals surface area contributed by atoms with Gasteiger partial charge in [-0.15, -0.1) is 0 Å². The first-order valence-corrected chi connectivity index (χ1v) is 6.06. The summed E-state index contributed by atoms with van der Waals surface area (Å²) in [5.74, 6) is -0.0915. The maximum Gasteiger partial charge on any atom is 0.265 e. The van der Waals surface area contributed by atoms with Crippen LogP contribution in [0.3, 0.4) is 0 Å². The minimum atomic E-state index is -0.508. The lowest BCUT2D eigenvalue weighted by atomic mass is 10.2. The number of aromatic amines is 1. The van der Waals surface area contributed by atoms with Crippen molar-refractivity contribution in [1.82, 2.24) is 4.98 Å². The van der Waals surface area contributed by atoms with E-state index in [4.69, 9.17) is 5.73 Å². The van der Waals surface area contributed by atoms with Crippen LogP contribution in [0.25, 0.3) is 10.9 Å². The Balaban J connectivity index is 2.26. The minimum Gasteiger partial charge on any atom is -0.364 e. The van der Waals surface area contributed by atoms with E-state index in [0.29, 0.717) is 23.6 Å². The van der Waals surface area contributed by atoms with E-state index in [-0.39, 0.29) is 5.91 Å². The normalized spacial score (nSPS) is 10.5. The quantitative estimate of drug-likeness (QED) is 0.630. The van der Waals surface area contributed by atoms with E-state index in [0.717, 1.165) is 10.9 Å². The molecule has 0 atom stereocenters. The van der Waals surface area contributed by atoms with Crippen LogP contribution in [0.5, 0.6) is 0 Å². The molecule has 2 aromatic rings. The molecule has 1 heterocycles. The first-order chi connectivity index (χ1) is 8.60. The summed E-state index contributed by atoms with van der Waals surface area (Å²) in [5.41, 5.74) is 7.02. The molecule has 0 saturated heterocycles.